The van der Waals surface area contributed by atoms with Gasteiger partial charge >= 0.3 is 0 Å². The monoisotopic (exact) mass is 394 g/mol. The average molecular weight is 395 g/mol. The van der Waals surface area contributed by atoms with Gasteiger partial charge in [-0.05, 0) is 63.1 Å². The number of carbonyl (C=O) groups excluding carboxylic acids is 1. The lowest BCUT2D eigenvalue weighted by molar-refractivity contribution is 0.0953. The fourth-order valence-corrected chi connectivity index (χ4v) is 5.26. The van der Waals surface area contributed by atoms with Crippen LogP contribution in [-0.2, 0) is 10.0 Å². The van der Waals surface area contributed by atoms with Crippen LogP contribution in [0.4, 0.5) is 4.39 Å². The van der Waals surface area contributed by atoms with Crippen LogP contribution in [0.1, 0.15) is 61.7 Å². The van der Waals surface area contributed by atoms with Crippen molar-refractivity contribution >= 4 is 15.9 Å². The lowest BCUT2D eigenvalue weighted by Crippen LogP contribution is -2.36. The molecule has 0 atom stereocenters. The number of hydrogen-bond donors (Lipinski definition) is 1. The molecule has 1 N–H and O–H groups in total. The van der Waals surface area contributed by atoms with Crippen LogP contribution in [0.15, 0.2) is 34.7 Å². The van der Waals surface area contributed by atoms with E-state index in [2.05, 4.69) is 11.4 Å². The molecule has 1 aliphatic heterocycles. The predicted octanol–water partition coefficient (Wildman–Crippen LogP) is 3.62. The first kappa shape index (κ1) is 20.0. The summed E-state index contributed by atoms with van der Waals surface area (Å²) in [5.74, 6) is -1.19. The van der Waals surface area contributed by atoms with Gasteiger partial charge in [0.15, 0.2) is 0 Å². The predicted molar refractivity (Wildman–Crippen MR) is 103 cm³/mol. The number of allylic oxidation sites excluding steroid dienone is 1. The largest absolute Gasteiger partial charge is 0.352 e. The lowest BCUT2D eigenvalue weighted by Gasteiger charge is -2.26. The van der Waals surface area contributed by atoms with E-state index in [4.69, 9.17) is 0 Å². The second-order valence-corrected chi connectivity index (χ2v) is 9.13. The molecule has 1 aromatic rings. The highest BCUT2D eigenvalue weighted by Crippen LogP contribution is 2.24. The van der Waals surface area contributed by atoms with Gasteiger partial charge < -0.3 is 5.32 Å². The first-order valence-electron chi connectivity index (χ1n) is 9.74. The molecule has 1 saturated heterocycles. The molecule has 3 rings (SSSR count). The first-order valence-corrected chi connectivity index (χ1v) is 11.2. The van der Waals surface area contributed by atoms with Gasteiger partial charge in [0.1, 0.15) is 10.7 Å². The molecule has 1 heterocycles. The number of sulfonamides is 1. The summed E-state index contributed by atoms with van der Waals surface area (Å²) in [6.45, 7) is 1.29. The number of nitrogens with zero attached hydrogens (tertiary/aromatic N) is 1. The molecule has 27 heavy (non-hydrogen) atoms. The van der Waals surface area contributed by atoms with E-state index >= 15 is 0 Å². The van der Waals surface area contributed by atoms with Crippen molar-refractivity contribution in [2.24, 2.45) is 0 Å². The number of halogens is 1. The number of piperidine rings is 1. The molecule has 1 aromatic carbocycles. The van der Waals surface area contributed by atoms with E-state index in [0.29, 0.717) is 19.6 Å². The van der Waals surface area contributed by atoms with E-state index in [9.17, 15) is 17.6 Å². The van der Waals surface area contributed by atoms with E-state index in [1.165, 1.54) is 28.8 Å². The van der Waals surface area contributed by atoms with E-state index in [0.717, 1.165) is 50.7 Å². The van der Waals surface area contributed by atoms with Crippen LogP contribution >= 0.6 is 0 Å². The molecule has 2 aliphatic rings. The summed E-state index contributed by atoms with van der Waals surface area (Å²) in [6.07, 6.45) is 10.1. The minimum atomic E-state index is -3.92. The van der Waals surface area contributed by atoms with Crippen LogP contribution in [-0.4, -0.2) is 38.3 Å². The highest BCUT2D eigenvalue weighted by molar-refractivity contribution is 7.89. The van der Waals surface area contributed by atoms with Crippen molar-refractivity contribution in [3.63, 3.8) is 0 Å². The van der Waals surface area contributed by atoms with Crippen molar-refractivity contribution in [3.05, 3.63) is 41.2 Å². The maximum absolute atomic E-state index is 14.2. The van der Waals surface area contributed by atoms with Crippen LogP contribution < -0.4 is 5.32 Å². The van der Waals surface area contributed by atoms with Crippen molar-refractivity contribution in [1.29, 1.82) is 0 Å². The molecule has 0 bridgehead atoms. The van der Waals surface area contributed by atoms with Crippen molar-refractivity contribution in [2.45, 2.75) is 56.3 Å². The van der Waals surface area contributed by atoms with Crippen LogP contribution in [0.3, 0.4) is 0 Å². The highest BCUT2D eigenvalue weighted by atomic mass is 32.2. The molecule has 0 spiro atoms. The molecule has 1 amide bonds. The normalized spacial score (nSPS) is 18.8. The molecule has 1 fully saturated rings. The standard InChI is InChI=1S/C20H27FN2O3S/c21-18-10-9-17(20(24)22-12-11-16-7-3-1-4-8-16)15-19(18)27(25,26)23-13-5-2-6-14-23/h7,9-10,15H,1-6,8,11-14H2,(H,22,24). The van der Waals surface area contributed by atoms with Gasteiger partial charge in [0.25, 0.3) is 5.91 Å². The molecule has 0 radical (unpaired) electrons. The molecule has 7 heteroatoms. The van der Waals surface area contributed by atoms with Crippen molar-refractivity contribution < 1.29 is 17.6 Å². The van der Waals surface area contributed by atoms with Gasteiger partial charge in [-0.25, -0.2) is 12.8 Å². The van der Waals surface area contributed by atoms with Crippen molar-refractivity contribution in [3.8, 4) is 0 Å². The Balaban J connectivity index is 1.68. The second-order valence-electron chi connectivity index (χ2n) is 7.22. The molecular formula is C20H27FN2O3S. The summed E-state index contributed by atoms with van der Waals surface area (Å²) in [5.41, 5.74) is 1.53. The summed E-state index contributed by atoms with van der Waals surface area (Å²) in [6, 6.07) is 3.56. The minimum Gasteiger partial charge on any atom is -0.352 e. The maximum atomic E-state index is 14.2. The molecule has 148 valence electrons. The van der Waals surface area contributed by atoms with Crippen LogP contribution in [0.5, 0.6) is 0 Å². The summed E-state index contributed by atoms with van der Waals surface area (Å²) in [7, 11) is -3.92. The SMILES string of the molecule is O=C(NCCC1=CCCCC1)c1ccc(F)c(S(=O)(=O)N2CCCCC2)c1. The lowest BCUT2D eigenvalue weighted by atomic mass is 9.97. The summed E-state index contributed by atoms with van der Waals surface area (Å²) in [4.78, 5) is 12.0. The quantitative estimate of drug-likeness (QED) is 0.750. The molecule has 0 aromatic heterocycles. The highest BCUT2D eigenvalue weighted by Gasteiger charge is 2.29. The van der Waals surface area contributed by atoms with Gasteiger partial charge in [0, 0.05) is 25.2 Å². The topological polar surface area (TPSA) is 66.5 Å². The number of amides is 1. The Hall–Kier alpha value is -1.73. The number of nitrogens with one attached hydrogen (secondary N) is 1. The van der Waals surface area contributed by atoms with Gasteiger partial charge in [0.2, 0.25) is 10.0 Å². The van der Waals surface area contributed by atoms with Crippen LogP contribution in [0.25, 0.3) is 0 Å². The van der Waals surface area contributed by atoms with Crippen molar-refractivity contribution in [1.82, 2.24) is 9.62 Å². The first-order chi connectivity index (χ1) is 13.0. The van der Waals surface area contributed by atoms with Crippen molar-refractivity contribution in [2.75, 3.05) is 19.6 Å². The summed E-state index contributed by atoms with van der Waals surface area (Å²) < 4.78 is 41.0. The Kier molecular flexibility index (Phi) is 6.65. The van der Waals surface area contributed by atoms with E-state index in [1.54, 1.807) is 0 Å². The number of hydrogen-bond acceptors (Lipinski definition) is 3. The minimum absolute atomic E-state index is 0.171. The van der Waals surface area contributed by atoms with Crippen LogP contribution in [0.2, 0.25) is 0 Å². The van der Waals surface area contributed by atoms with E-state index < -0.39 is 20.7 Å². The van der Waals surface area contributed by atoms with Gasteiger partial charge in [-0.3, -0.25) is 4.79 Å². The third kappa shape index (κ3) is 4.96. The molecule has 5 nitrogen and oxygen atoms in total. The summed E-state index contributed by atoms with van der Waals surface area (Å²) in [5, 5.41) is 2.81. The van der Waals surface area contributed by atoms with Gasteiger partial charge in [-0.1, -0.05) is 18.1 Å². The van der Waals surface area contributed by atoms with Gasteiger partial charge in [-0.2, -0.15) is 4.31 Å². The Morgan fingerprint density at radius 3 is 2.59 bits per heavy atom. The smallest absolute Gasteiger partial charge is 0.251 e. The Bertz CT molecular complexity index is 815. The fraction of sp³-hybridized carbons (Fsp3) is 0.550. The van der Waals surface area contributed by atoms with Gasteiger partial charge in [-0.15, -0.1) is 0 Å². The third-order valence-electron chi connectivity index (χ3n) is 5.24. The van der Waals surface area contributed by atoms with E-state index in [-0.39, 0.29) is 11.5 Å². The zero-order valence-corrected chi connectivity index (χ0v) is 16.4. The third-order valence-corrected chi connectivity index (χ3v) is 7.16. The molecule has 0 saturated carbocycles. The Morgan fingerprint density at radius 2 is 1.89 bits per heavy atom. The Morgan fingerprint density at radius 1 is 1.11 bits per heavy atom. The zero-order chi connectivity index (χ0) is 19.3. The number of rotatable bonds is 6. The van der Waals surface area contributed by atoms with Gasteiger partial charge in [0.05, 0.1) is 0 Å². The molecule has 0 unspecified atom stereocenters. The van der Waals surface area contributed by atoms with Crippen LogP contribution in [0, 0.1) is 5.82 Å². The van der Waals surface area contributed by atoms with E-state index in [1.807, 2.05) is 0 Å². The molecular weight excluding hydrogens is 367 g/mol. The maximum Gasteiger partial charge on any atom is 0.251 e. The average Bonchev–Trinajstić information content (AvgIpc) is 2.69. The number of benzene rings is 1. The summed E-state index contributed by atoms with van der Waals surface area (Å²) >= 11 is 0. The zero-order valence-electron chi connectivity index (χ0n) is 15.5. The Labute approximate surface area is 160 Å². The second kappa shape index (κ2) is 8.97. The fourth-order valence-electron chi connectivity index (χ4n) is 3.66. The number of carbonyl (C=O) groups is 1. The molecule has 1 aliphatic carbocycles.